The highest BCUT2D eigenvalue weighted by molar-refractivity contribution is 5.81. The zero-order valence-electron chi connectivity index (χ0n) is 25.9. The van der Waals surface area contributed by atoms with E-state index in [0.29, 0.717) is 11.6 Å². The first-order chi connectivity index (χ1) is 22.7. The van der Waals surface area contributed by atoms with Crippen molar-refractivity contribution in [2.75, 3.05) is 0 Å². The Labute approximate surface area is 270 Å². The van der Waals surface area contributed by atoms with Gasteiger partial charge in [-0.05, 0) is 51.4 Å². The zero-order valence-corrected chi connectivity index (χ0v) is 25.9. The van der Waals surface area contributed by atoms with Crippen molar-refractivity contribution in [2.24, 2.45) is 0 Å². The van der Waals surface area contributed by atoms with Crippen molar-refractivity contribution in [3.8, 4) is 33.9 Å². The summed E-state index contributed by atoms with van der Waals surface area (Å²) >= 11 is 0. The van der Waals surface area contributed by atoms with E-state index in [1.165, 1.54) is 33.4 Å². The molecule has 1 heterocycles. The van der Waals surface area contributed by atoms with Gasteiger partial charge in [0.1, 0.15) is 5.41 Å². The minimum Gasteiger partial charge on any atom is -0.211 e. The van der Waals surface area contributed by atoms with Crippen LogP contribution in [0.2, 0.25) is 0 Å². The first-order valence-corrected chi connectivity index (χ1v) is 15.9. The van der Waals surface area contributed by atoms with E-state index >= 15 is 0 Å². The van der Waals surface area contributed by atoms with Crippen molar-refractivity contribution in [3.63, 3.8) is 0 Å². The van der Waals surface area contributed by atoms with E-state index in [4.69, 9.17) is 15.0 Å². The molecular formula is C43H33N3. The SMILES string of the molecule is Cc1ccccc1C1(c2nc(-c3ccccc3)nc(-c3ccccc3-c3ccccc3)n2)c2ccccc2C(C)c2ccccc21. The maximum atomic E-state index is 5.53. The van der Waals surface area contributed by atoms with E-state index in [1.54, 1.807) is 0 Å². The summed E-state index contributed by atoms with van der Waals surface area (Å²) in [4.78, 5) is 16.2. The zero-order chi connectivity index (χ0) is 31.1. The molecule has 46 heavy (non-hydrogen) atoms. The lowest BCUT2D eigenvalue weighted by Crippen LogP contribution is -2.39. The average Bonchev–Trinajstić information content (AvgIpc) is 3.13. The van der Waals surface area contributed by atoms with Crippen LogP contribution in [-0.4, -0.2) is 15.0 Å². The predicted molar refractivity (Wildman–Crippen MR) is 187 cm³/mol. The molecule has 0 spiro atoms. The molecule has 3 heteroatoms. The molecule has 0 aliphatic heterocycles. The molecule has 3 nitrogen and oxygen atoms in total. The summed E-state index contributed by atoms with van der Waals surface area (Å²) in [5.41, 5.74) is 10.7. The number of fused-ring (bicyclic) bond motifs is 2. The van der Waals surface area contributed by atoms with Gasteiger partial charge in [-0.2, -0.15) is 0 Å². The van der Waals surface area contributed by atoms with Gasteiger partial charge >= 0.3 is 0 Å². The Morgan fingerprint density at radius 1 is 0.435 bits per heavy atom. The number of rotatable bonds is 5. The maximum absolute atomic E-state index is 5.53. The van der Waals surface area contributed by atoms with E-state index in [9.17, 15) is 0 Å². The van der Waals surface area contributed by atoms with Crippen LogP contribution in [0.15, 0.2) is 158 Å². The van der Waals surface area contributed by atoms with E-state index < -0.39 is 5.41 Å². The van der Waals surface area contributed by atoms with E-state index in [1.807, 2.05) is 24.3 Å². The Balaban J connectivity index is 1.53. The summed E-state index contributed by atoms with van der Waals surface area (Å²) in [5.74, 6) is 2.26. The lowest BCUT2D eigenvalue weighted by Gasteiger charge is -2.43. The van der Waals surface area contributed by atoms with Crippen molar-refractivity contribution in [1.29, 1.82) is 0 Å². The highest BCUT2D eigenvalue weighted by atomic mass is 15.0. The molecule has 0 radical (unpaired) electrons. The van der Waals surface area contributed by atoms with Crippen molar-refractivity contribution in [1.82, 2.24) is 15.0 Å². The molecule has 0 bridgehead atoms. The fourth-order valence-electron chi connectivity index (χ4n) is 7.32. The maximum Gasteiger partial charge on any atom is 0.164 e. The van der Waals surface area contributed by atoms with Gasteiger partial charge in [-0.1, -0.05) is 165 Å². The second kappa shape index (κ2) is 11.4. The molecule has 1 aromatic heterocycles. The topological polar surface area (TPSA) is 38.7 Å². The molecule has 0 saturated carbocycles. The van der Waals surface area contributed by atoms with Crippen LogP contribution in [0.3, 0.4) is 0 Å². The van der Waals surface area contributed by atoms with E-state index in [0.717, 1.165) is 28.1 Å². The molecule has 0 atom stereocenters. The summed E-state index contributed by atoms with van der Waals surface area (Å²) in [6, 6.07) is 55.6. The molecule has 7 aromatic rings. The first-order valence-electron chi connectivity index (χ1n) is 15.9. The molecule has 0 N–H and O–H groups in total. The number of hydrogen-bond acceptors (Lipinski definition) is 3. The second-order valence-corrected chi connectivity index (χ2v) is 12.0. The van der Waals surface area contributed by atoms with Crippen LogP contribution in [0.1, 0.15) is 52.0 Å². The van der Waals surface area contributed by atoms with Gasteiger partial charge in [-0.15, -0.1) is 0 Å². The van der Waals surface area contributed by atoms with Crippen LogP contribution in [0.5, 0.6) is 0 Å². The van der Waals surface area contributed by atoms with Gasteiger partial charge in [0, 0.05) is 17.0 Å². The molecule has 8 rings (SSSR count). The van der Waals surface area contributed by atoms with Gasteiger partial charge in [-0.25, -0.2) is 15.0 Å². The van der Waals surface area contributed by atoms with Crippen molar-refractivity contribution in [2.45, 2.75) is 25.2 Å². The average molecular weight is 592 g/mol. The molecule has 0 unspecified atom stereocenters. The van der Waals surface area contributed by atoms with Crippen LogP contribution < -0.4 is 0 Å². The first kappa shape index (κ1) is 27.8. The quantitative estimate of drug-likeness (QED) is 0.200. The minimum atomic E-state index is -0.770. The van der Waals surface area contributed by atoms with Gasteiger partial charge in [0.2, 0.25) is 0 Å². The minimum absolute atomic E-state index is 0.221. The van der Waals surface area contributed by atoms with E-state index in [-0.39, 0.29) is 5.92 Å². The number of hydrogen-bond donors (Lipinski definition) is 0. The van der Waals surface area contributed by atoms with Gasteiger partial charge in [0.25, 0.3) is 0 Å². The Morgan fingerprint density at radius 2 is 0.913 bits per heavy atom. The number of nitrogens with zero attached hydrogens (tertiary/aromatic N) is 3. The largest absolute Gasteiger partial charge is 0.211 e. The molecule has 220 valence electrons. The van der Waals surface area contributed by atoms with Gasteiger partial charge in [-0.3, -0.25) is 0 Å². The summed E-state index contributed by atoms with van der Waals surface area (Å²) in [6.07, 6.45) is 0. The fourth-order valence-corrected chi connectivity index (χ4v) is 7.32. The summed E-state index contributed by atoms with van der Waals surface area (Å²) < 4.78 is 0. The Morgan fingerprint density at radius 3 is 1.54 bits per heavy atom. The van der Waals surface area contributed by atoms with Gasteiger partial charge < -0.3 is 0 Å². The Hall–Kier alpha value is -5.67. The third-order valence-corrected chi connectivity index (χ3v) is 9.47. The summed E-state index contributed by atoms with van der Waals surface area (Å²) in [7, 11) is 0. The third-order valence-electron chi connectivity index (χ3n) is 9.47. The lowest BCUT2D eigenvalue weighted by atomic mass is 9.59. The predicted octanol–water partition coefficient (Wildman–Crippen LogP) is 10.0. The molecular weight excluding hydrogens is 558 g/mol. The molecule has 0 amide bonds. The fraction of sp³-hybridized carbons (Fsp3) is 0.0930. The highest BCUT2D eigenvalue weighted by Crippen LogP contribution is 2.54. The molecule has 1 aliphatic carbocycles. The third kappa shape index (κ3) is 4.39. The van der Waals surface area contributed by atoms with Crippen molar-refractivity contribution < 1.29 is 0 Å². The molecule has 0 fully saturated rings. The van der Waals surface area contributed by atoms with Crippen molar-refractivity contribution >= 4 is 0 Å². The summed E-state index contributed by atoms with van der Waals surface area (Å²) in [6.45, 7) is 4.51. The molecule has 0 saturated heterocycles. The monoisotopic (exact) mass is 591 g/mol. The van der Waals surface area contributed by atoms with Crippen LogP contribution in [0.25, 0.3) is 33.9 Å². The standard InChI is InChI=1S/C43H33N3/c1-29-17-9-14-26-37(29)43(38-27-15-12-22-33(38)30(2)34-23-13-16-28-39(34)43)42-45-40(32-20-7-4-8-21-32)44-41(46-42)36-25-11-10-24-35(36)31-18-5-3-6-19-31/h3-28,30H,1-2H3. The van der Waals surface area contributed by atoms with Crippen LogP contribution in [0.4, 0.5) is 0 Å². The number of aryl methyl sites for hydroxylation is 1. The summed E-state index contributed by atoms with van der Waals surface area (Å²) in [5, 5.41) is 0. The number of aromatic nitrogens is 3. The lowest BCUT2D eigenvalue weighted by molar-refractivity contribution is 0.622. The van der Waals surface area contributed by atoms with E-state index in [2.05, 4.69) is 147 Å². The van der Waals surface area contributed by atoms with Gasteiger partial charge in [0.05, 0.1) is 0 Å². The smallest absolute Gasteiger partial charge is 0.164 e. The second-order valence-electron chi connectivity index (χ2n) is 12.0. The molecule has 6 aromatic carbocycles. The van der Waals surface area contributed by atoms with Crippen LogP contribution in [0, 0.1) is 6.92 Å². The van der Waals surface area contributed by atoms with Crippen LogP contribution >= 0.6 is 0 Å². The normalized spacial score (nSPS) is 16.8. The Kier molecular flexibility index (Phi) is 6.88. The van der Waals surface area contributed by atoms with Crippen molar-refractivity contribution in [3.05, 3.63) is 197 Å². The van der Waals surface area contributed by atoms with Crippen LogP contribution in [-0.2, 0) is 5.41 Å². The number of benzene rings is 6. The molecule has 1 aliphatic rings. The van der Waals surface area contributed by atoms with Gasteiger partial charge in [0.15, 0.2) is 17.5 Å². The highest BCUT2D eigenvalue weighted by Gasteiger charge is 2.48. The Bertz CT molecular complexity index is 2140.